The molecule has 2 heterocycles. The second-order valence-corrected chi connectivity index (χ2v) is 7.92. The molecule has 1 amide bonds. The third-order valence-electron chi connectivity index (χ3n) is 5.32. The summed E-state index contributed by atoms with van der Waals surface area (Å²) < 4.78 is 13.5. The molecule has 8 heteroatoms. The summed E-state index contributed by atoms with van der Waals surface area (Å²) in [7, 11) is 1.72. The number of hydrazone groups is 1. The Morgan fingerprint density at radius 2 is 2.22 bits per heavy atom. The lowest BCUT2D eigenvalue weighted by Gasteiger charge is -2.22. The molecular weight excluding hydrogens is 407 g/mol. The molecule has 2 rings (SSSR count). The fraction of sp³-hybridized carbons (Fsp3) is 0.500. The van der Waals surface area contributed by atoms with E-state index in [0.29, 0.717) is 38.3 Å². The van der Waals surface area contributed by atoms with Crippen molar-refractivity contribution in [2.75, 3.05) is 31.6 Å². The van der Waals surface area contributed by atoms with E-state index < -0.39 is 6.17 Å². The van der Waals surface area contributed by atoms with Crippen molar-refractivity contribution >= 4 is 24.2 Å². The van der Waals surface area contributed by atoms with Crippen LogP contribution in [0.2, 0.25) is 0 Å². The summed E-state index contributed by atoms with van der Waals surface area (Å²) in [4.78, 5) is 25.0. The normalized spacial score (nSPS) is 19.4. The van der Waals surface area contributed by atoms with Gasteiger partial charge in [0.2, 0.25) is 5.91 Å². The second-order valence-electron chi connectivity index (χ2n) is 7.92. The van der Waals surface area contributed by atoms with E-state index in [2.05, 4.69) is 21.7 Å². The number of hydrogen-bond acceptors (Lipinski definition) is 6. The average Bonchev–Trinajstić information content (AvgIpc) is 3.23. The van der Waals surface area contributed by atoms with Crippen LogP contribution in [0.1, 0.15) is 33.6 Å². The molecule has 1 aromatic heterocycles. The van der Waals surface area contributed by atoms with Gasteiger partial charge in [-0.15, -0.1) is 0 Å². The van der Waals surface area contributed by atoms with Gasteiger partial charge in [-0.1, -0.05) is 25.6 Å². The fourth-order valence-corrected chi connectivity index (χ4v) is 3.35. The van der Waals surface area contributed by atoms with Crippen LogP contribution >= 0.6 is 0 Å². The largest absolute Gasteiger partial charge is 0.300 e. The highest BCUT2D eigenvalue weighted by molar-refractivity contribution is 5.93. The molecule has 0 radical (unpaired) electrons. The lowest BCUT2D eigenvalue weighted by Crippen LogP contribution is -2.30. The molecule has 3 atom stereocenters. The van der Waals surface area contributed by atoms with Crippen molar-refractivity contribution in [1.29, 1.82) is 0 Å². The van der Waals surface area contributed by atoms with E-state index in [1.807, 2.05) is 48.9 Å². The van der Waals surface area contributed by atoms with Crippen LogP contribution in [0.5, 0.6) is 0 Å². The van der Waals surface area contributed by atoms with E-state index >= 15 is 0 Å². The number of anilines is 1. The standard InChI is InChI=1S/C24H35FN6O/c1-6-10-22(17-27-20(4)30-14-12-21(25)18-30)31(7-2)28-16-19(3)15-24(32)29(5)23-11-8-9-13-26-23/h6,8-11,13,16-17,19-21H,1,7,12,14-15,18H2,2-5H3/b22-10+,27-17?,28-16-/t19?,20?,21-/m1/s1. The van der Waals surface area contributed by atoms with Crippen LogP contribution in [-0.2, 0) is 4.79 Å². The van der Waals surface area contributed by atoms with E-state index in [1.165, 1.54) is 0 Å². The fourth-order valence-electron chi connectivity index (χ4n) is 3.35. The maximum absolute atomic E-state index is 13.5. The number of carbonyl (C=O) groups is 1. The molecule has 174 valence electrons. The third-order valence-corrected chi connectivity index (χ3v) is 5.32. The van der Waals surface area contributed by atoms with Gasteiger partial charge in [-0.3, -0.25) is 24.6 Å². The highest BCUT2D eigenvalue weighted by atomic mass is 19.1. The van der Waals surface area contributed by atoms with Gasteiger partial charge >= 0.3 is 0 Å². The van der Waals surface area contributed by atoms with Crippen molar-refractivity contribution < 1.29 is 9.18 Å². The lowest BCUT2D eigenvalue weighted by atomic mass is 10.1. The average molecular weight is 443 g/mol. The van der Waals surface area contributed by atoms with Crippen LogP contribution < -0.4 is 4.90 Å². The van der Waals surface area contributed by atoms with Gasteiger partial charge in [-0.25, -0.2) is 9.37 Å². The Hall–Kier alpha value is -2.87. The maximum atomic E-state index is 13.5. The molecule has 0 aromatic carbocycles. The summed E-state index contributed by atoms with van der Waals surface area (Å²) in [6.45, 7) is 11.5. The van der Waals surface area contributed by atoms with Gasteiger partial charge in [0.15, 0.2) is 0 Å². The van der Waals surface area contributed by atoms with Gasteiger partial charge in [-0.05, 0) is 38.5 Å². The van der Waals surface area contributed by atoms with E-state index in [1.54, 1.807) is 42.7 Å². The van der Waals surface area contributed by atoms with Crippen molar-refractivity contribution in [2.24, 2.45) is 16.0 Å². The van der Waals surface area contributed by atoms with Gasteiger partial charge in [0.05, 0.1) is 11.9 Å². The van der Waals surface area contributed by atoms with E-state index in [4.69, 9.17) is 0 Å². The quantitative estimate of drug-likeness (QED) is 0.296. The van der Waals surface area contributed by atoms with Gasteiger partial charge in [0, 0.05) is 57.6 Å². The van der Waals surface area contributed by atoms with E-state index in [0.717, 1.165) is 5.70 Å². The number of halogens is 1. The van der Waals surface area contributed by atoms with Crippen molar-refractivity contribution in [3.8, 4) is 0 Å². The Kier molecular flexibility index (Phi) is 10.2. The monoisotopic (exact) mass is 442 g/mol. The van der Waals surface area contributed by atoms with Gasteiger partial charge in [-0.2, -0.15) is 5.10 Å². The topological polar surface area (TPSA) is 64.4 Å². The number of allylic oxidation sites excluding steroid dienone is 3. The lowest BCUT2D eigenvalue weighted by molar-refractivity contribution is -0.118. The number of likely N-dealkylation sites (tertiary alicyclic amines) is 1. The number of amides is 1. The minimum absolute atomic E-state index is 0.0280. The number of nitrogens with zero attached hydrogens (tertiary/aromatic N) is 6. The first-order valence-electron chi connectivity index (χ1n) is 11.1. The Morgan fingerprint density at radius 1 is 1.44 bits per heavy atom. The molecule has 32 heavy (non-hydrogen) atoms. The number of aromatic nitrogens is 1. The zero-order chi connectivity index (χ0) is 23.5. The first-order chi connectivity index (χ1) is 15.3. The predicted octanol–water partition coefficient (Wildman–Crippen LogP) is 3.91. The molecule has 0 aliphatic carbocycles. The summed E-state index contributed by atoms with van der Waals surface area (Å²) in [6.07, 6.45) is 8.72. The maximum Gasteiger partial charge on any atom is 0.228 e. The molecule has 2 unspecified atom stereocenters. The predicted molar refractivity (Wildman–Crippen MR) is 130 cm³/mol. The molecule has 1 saturated heterocycles. The van der Waals surface area contributed by atoms with Gasteiger partial charge in [0.1, 0.15) is 12.0 Å². The summed E-state index contributed by atoms with van der Waals surface area (Å²) in [5, 5.41) is 6.38. The molecule has 1 fully saturated rings. The van der Waals surface area contributed by atoms with Gasteiger partial charge in [0.25, 0.3) is 0 Å². The molecule has 7 nitrogen and oxygen atoms in total. The number of hydrogen-bond donors (Lipinski definition) is 0. The first-order valence-corrected chi connectivity index (χ1v) is 11.1. The molecule has 1 aliphatic rings. The molecular formula is C24H35FN6O. The van der Waals surface area contributed by atoms with Crippen molar-refractivity contribution in [1.82, 2.24) is 14.9 Å². The van der Waals surface area contributed by atoms with E-state index in [-0.39, 0.29) is 18.0 Å². The Bertz CT molecular complexity index is 825. The van der Waals surface area contributed by atoms with Crippen LogP contribution in [0.15, 0.2) is 58.9 Å². The van der Waals surface area contributed by atoms with Crippen molar-refractivity contribution in [2.45, 2.75) is 46.0 Å². The third kappa shape index (κ3) is 7.67. The highest BCUT2D eigenvalue weighted by Gasteiger charge is 2.25. The number of carbonyl (C=O) groups excluding carboxylic acids is 1. The van der Waals surface area contributed by atoms with Gasteiger partial charge < -0.3 is 0 Å². The molecule has 0 bridgehead atoms. The smallest absolute Gasteiger partial charge is 0.228 e. The van der Waals surface area contributed by atoms with Crippen molar-refractivity contribution in [3.63, 3.8) is 0 Å². The summed E-state index contributed by atoms with van der Waals surface area (Å²) in [5.41, 5.74) is 0.783. The van der Waals surface area contributed by atoms with Crippen molar-refractivity contribution in [3.05, 3.63) is 48.8 Å². The summed E-state index contributed by atoms with van der Waals surface area (Å²) in [5.74, 6) is 0.532. The molecule has 0 saturated carbocycles. The zero-order valence-electron chi connectivity index (χ0n) is 19.6. The number of alkyl halides is 1. The molecule has 0 N–H and O–H groups in total. The summed E-state index contributed by atoms with van der Waals surface area (Å²) in [6, 6.07) is 5.47. The minimum atomic E-state index is -0.770. The van der Waals surface area contributed by atoms with E-state index in [9.17, 15) is 9.18 Å². The zero-order valence-corrected chi connectivity index (χ0v) is 19.6. The minimum Gasteiger partial charge on any atom is -0.300 e. The SMILES string of the molecule is C=C/C=C(\C=NC(C)N1CC[C@@H](F)C1)N(CC)/N=C\C(C)CC(=O)N(C)c1ccccn1. The van der Waals surface area contributed by atoms with Crippen LogP contribution in [0, 0.1) is 5.92 Å². The molecule has 1 aromatic rings. The Labute approximate surface area is 191 Å². The Balaban J connectivity index is 1.98. The van der Waals surface area contributed by atoms with Crippen LogP contribution in [0.25, 0.3) is 0 Å². The number of pyridine rings is 1. The molecule has 0 spiro atoms. The Morgan fingerprint density at radius 3 is 2.81 bits per heavy atom. The highest BCUT2D eigenvalue weighted by Crippen LogP contribution is 2.16. The van der Waals surface area contributed by atoms with Crippen LogP contribution in [-0.4, -0.2) is 72.2 Å². The van der Waals surface area contributed by atoms with Crippen LogP contribution in [0.3, 0.4) is 0 Å². The number of aliphatic imine (C=N–C) groups is 1. The molecule has 1 aliphatic heterocycles. The number of rotatable bonds is 11. The van der Waals surface area contributed by atoms with Crippen LogP contribution in [0.4, 0.5) is 10.2 Å². The summed E-state index contributed by atoms with van der Waals surface area (Å²) >= 11 is 0. The first kappa shape index (κ1) is 25.4. The second kappa shape index (κ2) is 12.9.